The van der Waals surface area contributed by atoms with Gasteiger partial charge in [0.05, 0.1) is 49.3 Å². The zero-order valence-corrected chi connectivity index (χ0v) is 20.2. The van der Waals surface area contributed by atoms with Gasteiger partial charge in [-0.2, -0.15) is 5.26 Å². The normalized spacial score (nSPS) is 13.7. The highest BCUT2D eigenvalue weighted by atomic mass is 19.1. The summed E-state index contributed by atoms with van der Waals surface area (Å²) in [5.41, 5.74) is 2.21. The van der Waals surface area contributed by atoms with Gasteiger partial charge in [-0.15, -0.1) is 0 Å². The van der Waals surface area contributed by atoms with Gasteiger partial charge in [0.1, 0.15) is 17.2 Å². The molecule has 0 radical (unpaired) electrons. The fraction of sp³-hybridized carbons (Fsp3) is 0.296. The molecule has 0 saturated carbocycles. The van der Waals surface area contributed by atoms with Gasteiger partial charge in [-0.1, -0.05) is 18.6 Å². The number of likely N-dealkylation sites (tertiary alicyclic amines) is 1. The first-order chi connectivity index (χ1) is 17.5. The summed E-state index contributed by atoms with van der Waals surface area (Å²) in [6, 6.07) is 11.0. The Morgan fingerprint density at radius 1 is 1.06 bits per heavy atom. The summed E-state index contributed by atoms with van der Waals surface area (Å²) >= 11 is 0. The SMILES string of the molecule is CN1CCCCC1.COc1nc(-c2ccc(C#N)cc2)c(-c2cc(F)c(CO)c(F)c2)n2cncc12. The second kappa shape index (κ2) is 11.2. The summed E-state index contributed by atoms with van der Waals surface area (Å²) in [4.78, 5) is 11.0. The third-order valence-electron chi connectivity index (χ3n) is 6.17. The van der Waals surface area contributed by atoms with E-state index in [1.54, 1.807) is 28.7 Å². The maximum Gasteiger partial charge on any atom is 0.240 e. The Morgan fingerprint density at radius 2 is 1.72 bits per heavy atom. The molecular formula is C27H27F2N5O2. The fourth-order valence-corrected chi connectivity index (χ4v) is 4.23. The molecule has 1 aliphatic heterocycles. The first kappa shape index (κ1) is 25.2. The number of methoxy groups -OCH3 is 1. The highest BCUT2D eigenvalue weighted by Crippen LogP contribution is 2.36. The lowest BCUT2D eigenvalue weighted by Crippen LogP contribution is -2.24. The molecule has 0 amide bonds. The lowest BCUT2D eigenvalue weighted by Gasteiger charge is -2.20. The fourth-order valence-electron chi connectivity index (χ4n) is 4.23. The number of aromatic nitrogens is 3. The number of piperidine rings is 1. The van der Waals surface area contributed by atoms with Crippen LogP contribution in [0.4, 0.5) is 8.78 Å². The number of aliphatic hydroxyl groups is 1. The van der Waals surface area contributed by atoms with Gasteiger partial charge in [-0.3, -0.25) is 4.40 Å². The molecule has 1 aliphatic rings. The highest BCUT2D eigenvalue weighted by molar-refractivity contribution is 5.82. The molecule has 2 aromatic carbocycles. The summed E-state index contributed by atoms with van der Waals surface area (Å²) in [6.07, 6.45) is 7.31. The third kappa shape index (κ3) is 5.20. The molecule has 5 rings (SSSR count). The molecular weight excluding hydrogens is 464 g/mol. The molecule has 0 atom stereocenters. The van der Waals surface area contributed by atoms with E-state index in [1.165, 1.54) is 52.0 Å². The number of nitrogens with zero attached hydrogens (tertiary/aromatic N) is 5. The number of nitriles is 1. The lowest BCUT2D eigenvalue weighted by atomic mass is 10.0. The Labute approximate surface area is 208 Å². The van der Waals surface area contributed by atoms with Crippen LogP contribution in [0.2, 0.25) is 0 Å². The van der Waals surface area contributed by atoms with Crippen LogP contribution in [0.5, 0.6) is 5.88 Å². The van der Waals surface area contributed by atoms with Crippen LogP contribution in [0.15, 0.2) is 48.9 Å². The number of aliphatic hydroxyl groups excluding tert-OH is 1. The van der Waals surface area contributed by atoms with Crippen molar-refractivity contribution >= 4 is 5.52 Å². The van der Waals surface area contributed by atoms with Crippen LogP contribution >= 0.6 is 0 Å². The van der Waals surface area contributed by atoms with Crippen molar-refractivity contribution < 1.29 is 18.6 Å². The maximum absolute atomic E-state index is 14.4. The molecule has 1 N–H and O–H groups in total. The van der Waals surface area contributed by atoms with Gasteiger partial charge in [0.2, 0.25) is 5.88 Å². The van der Waals surface area contributed by atoms with E-state index < -0.39 is 23.8 Å². The van der Waals surface area contributed by atoms with Crippen molar-refractivity contribution in [2.24, 2.45) is 0 Å². The monoisotopic (exact) mass is 491 g/mol. The Balaban J connectivity index is 0.000000375. The van der Waals surface area contributed by atoms with E-state index in [9.17, 15) is 13.9 Å². The zero-order chi connectivity index (χ0) is 25.7. The van der Waals surface area contributed by atoms with Gasteiger partial charge in [-0.05, 0) is 57.2 Å². The summed E-state index contributed by atoms with van der Waals surface area (Å²) in [6.45, 7) is 1.89. The minimum Gasteiger partial charge on any atom is -0.479 e. The smallest absolute Gasteiger partial charge is 0.240 e. The maximum atomic E-state index is 14.4. The zero-order valence-electron chi connectivity index (χ0n) is 20.2. The van der Waals surface area contributed by atoms with Gasteiger partial charge in [0, 0.05) is 16.7 Å². The number of ether oxygens (including phenoxy) is 1. The van der Waals surface area contributed by atoms with Crippen LogP contribution in [0.3, 0.4) is 0 Å². The topological polar surface area (TPSA) is 86.7 Å². The molecule has 3 heterocycles. The average Bonchev–Trinajstić information content (AvgIpc) is 3.38. The third-order valence-corrected chi connectivity index (χ3v) is 6.17. The van der Waals surface area contributed by atoms with Crippen molar-refractivity contribution in [3.8, 4) is 34.5 Å². The second-order valence-electron chi connectivity index (χ2n) is 8.60. The van der Waals surface area contributed by atoms with Crippen molar-refractivity contribution in [3.05, 3.63) is 71.7 Å². The van der Waals surface area contributed by atoms with E-state index in [2.05, 4.69) is 21.9 Å². The van der Waals surface area contributed by atoms with Gasteiger partial charge in [0.25, 0.3) is 0 Å². The molecule has 1 saturated heterocycles. The molecule has 0 bridgehead atoms. The second-order valence-corrected chi connectivity index (χ2v) is 8.60. The predicted octanol–water partition coefficient (Wildman–Crippen LogP) is 4.82. The van der Waals surface area contributed by atoms with Crippen LogP contribution < -0.4 is 4.74 Å². The molecule has 186 valence electrons. The number of hydrogen-bond donors (Lipinski definition) is 1. The average molecular weight is 492 g/mol. The van der Waals surface area contributed by atoms with Gasteiger partial charge in [0.15, 0.2) is 0 Å². The standard InChI is InChI=1S/C21H14F2N4O2.C6H13N/c1-29-21-18-9-25-11-27(18)20(14-6-16(22)15(10-28)17(23)7-14)19(26-21)13-4-2-12(8-24)3-5-13;1-7-5-3-2-4-6-7/h2-7,9,11,28H,10H2,1H3;2-6H2,1H3. The molecule has 2 aromatic heterocycles. The molecule has 9 heteroatoms. The van der Waals surface area contributed by atoms with E-state index in [4.69, 9.17) is 10.00 Å². The number of rotatable bonds is 4. The quantitative estimate of drug-likeness (QED) is 0.441. The summed E-state index contributed by atoms with van der Waals surface area (Å²) in [5.74, 6) is -1.44. The van der Waals surface area contributed by atoms with E-state index in [0.717, 1.165) is 12.1 Å². The van der Waals surface area contributed by atoms with Crippen LogP contribution in [-0.2, 0) is 6.61 Å². The Kier molecular flexibility index (Phi) is 7.88. The van der Waals surface area contributed by atoms with Crippen LogP contribution in [0, 0.1) is 23.0 Å². The Morgan fingerprint density at radius 3 is 2.25 bits per heavy atom. The van der Waals surface area contributed by atoms with Crippen molar-refractivity contribution in [3.63, 3.8) is 0 Å². The van der Waals surface area contributed by atoms with Crippen LogP contribution in [0.25, 0.3) is 28.0 Å². The summed E-state index contributed by atoms with van der Waals surface area (Å²) in [7, 11) is 3.66. The molecule has 7 nitrogen and oxygen atoms in total. The molecule has 0 spiro atoms. The number of hydrogen-bond acceptors (Lipinski definition) is 6. The van der Waals surface area contributed by atoms with E-state index in [-0.39, 0.29) is 5.56 Å². The molecule has 0 unspecified atom stereocenters. The van der Waals surface area contributed by atoms with Crippen molar-refractivity contribution in [2.45, 2.75) is 25.9 Å². The van der Waals surface area contributed by atoms with Crippen molar-refractivity contribution in [1.29, 1.82) is 5.26 Å². The minimum atomic E-state index is -0.864. The highest BCUT2D eigenvalue weighted by Gasteiger charge is 2.21. The number of benzene rings is 2. The van der Waals surface area contributed by atoms with Crippen LogP contribution in [-0.4, -0.2) is 51.6 Å². The molecule has 4 aromatic rings. The predicted molar refractivity (Wildman–Crippen MR) is 132 cm³/mol. The van der Waals surface area contributed by atoms with Gasteiger partial charge < -0.3 is 14.7 Å². The van der Waals surface area contributed by atoms with Gasteiger partial charge in [-0.25, -0.2) is 18.7 Å². The first-order valence-corrected chi connectivity index (χ1v) is 11.6. The first-order valence-electron chi connectivity index (χ1n) is 11.6. The van der Waals surface area contributed by atoms with E-state index >= 15 is 0 Å². The number of halogens is 2. The Hall–Kier alpha value is -3.87. The lowest BCUT2D eigenvalue weighted by molar-refractivity contribution is 0.269. The molecule has 1 fully saturated rings. The number of imidazole rings is 1. The largest absolute Gasteiger partial charge is 0.479 e. The van der Waals surface area contributed by atoms with Gasteiger partial charge >= 0.3 is 0 Å². The van der Waals surface area contributed by atoms with E-state index in [0.29, 0.717) is 33.9 Å². The van der Waals surface area contributed by atoms with Crippen LogP contribution in [0.1, 0.15) is 30.4 Å². The minimum absolute atomic E-state index is 0.217. The van der Waals surface area contributed by atoms with E-state index in [1.807, 2.05) is 6.07 Å². The Bertz CT molecular complexity index is 1370. The number of fused-ring (bicyclic) bond motifs is 1. The summed E-state index contributed by atoms with van der Waals surface area (Å²) < 4.78 is 35.8. The molecule has 36 heavy (non-hydrogen) atoms. The molecule has 0 aliphatic carbocycles. The van der Waals surface area contributed by atoms with Crippen molar-refractivity contribution in [2.75, 3.05) is 27.2 Å². The summed E-state index contributed by atoms with van der Waals surface area (Å²) in [5, 5.41) is 18.2. The van der Waals surface area contributed by atoms with Crippen molar-refractivity contribution in [1.82, 2.24) is 19.3 Å².